The van der Waals surface area contributed by atoms with Crippen molar-refractivity contribution < 1.29 is 0 Å². The van der Waals surface area contributed by atoms with Gasteiger partial charge in [0.25, 0.3) is 0 Å². The molecule has 146 valence electrons. The van der Waals surface area contributed by atoms with Crippen LogP contribution in [0.1, 0.15) is 108 Å². The number of unbranched alkanes of at least 4 members (excludes halogenated alkanes) is 1. The molecule has 0 heteroatoms. The summed E-state index contributed by atoms with van der Waals surface area (Å²) in [6.07, 6.45) is 17.3. The Morgan fingerprint density at radius 1 is 0.808 bits per heavy atom. The van der Waals surface area contributed by atoms with Crippen LogP contribution in [0.3, 0.4) is 0 Å². The maximum atomic E-state index is 2.53. The van der Waals surface area contributed by atoms with Gasteiger partial charge in [-0.05, 0) is 79.2 Å². The highest BCUT2D eigenvalue weighted by atomic mass is 14.4. The molecule has 0 N–H and O–H groups in total. The Morgan fingerprint density at radius 2 is 1.50 bits per heavy atom. The third-order valence-electron chi connectivity index (χ3n) is 7.68. The summed E-state index contributed by atoms with van der Waals surface area (Å²) in [7, 11) is 0. The molecule has 2 aliphatic rings. The molecule has 0 radical (unpaired) electrons. The molecule has 3 atom stereocenters. The molecule has 2 fully saturated rings. The molecule has 0 spiro atoms. The first-order valence-corrected chi connectivity index (χ1v) is 11.8. The minimum atomic E-state index is 0.808. The van der Waals surface area contributed by atoms with Crippen LogP contribution < -0.4 is 0 Å². The Hall–Kier alpha value is -0.780. The minimum absolute atomic E-state index is 0.808. The molecule has 1 aromatic carbocycles. The van der Waals surface area contributed by atoms with E-state index in [2.05, 4.69) is 45.0 Å². The molecule has 0 aromatic heterocycles. The van der Waals surface area contributed by atoms with Gasteiger partial charge in [0.1, 0.15) is 0 Å². The largest absolute Gasteiger partial charge is 0.0654 e. The Labute approximate surface area is 163 Å². The van der Waals surface area contributed by atoms with Crippen molar-refractivity contribution in [3.8, 4) is 0 Å². The fraction of sp³-hybridized carbons (Fsp3) is 0.769. The highest BCUT2D eigenvalue weighted by Gasteiger charge is 2.34. The van der Waals surface area contributed by atoms with Crippen molar-refractivity contribution in [2.24, 2.45) is 23.7 Å². The number of hydrogen-bond donors (Lipinski definition) is 0. The van der Waals surface area contributed by atoms with E-state index < -0.39 is 0 Å². The maximum absolute atomic E-state index is 2.53. The van der Waals surface area contributed by atoms with Gasteiger partial charge in [0.2, 0.25) is 0 Å². The van der Waals surface area contributed by atoms with E-state index in [4.69, 9.17) is 0 Å². The lowest BCUT2D eigenvalue weighted by Gasteiger charge is -2.41. The van der Waals surface area contributed by atoms with Crippen molar-refractivity contribution >= 4 is 0 Å². The second kappa shape index (κ2) is 9.95. The van der Waals surface area contributed by atoms with Gasteiger partial charge in [0, 0.05) is 0 Å². The van der Waals surface area contributed by atoms with E-state index in [1.807, 2.05) is 0 Å². The molecule has 0 nitrogen and oxygen atoms in total. The molecule has 0 bridgehead atoms. The van der Waals surface area contributed by atoms with Gasteiger partial charge >= 0.3 is 0 Å². The van der Waals surface area contributed by atoms with Crippen LogP contribution in [0.15, 0.2) is 24.3 Å². The van der Waals surface area contributed by atoms with E-state index >= 15 is 0 Å². The summed E-state index contributed by atoms with van der Waals surface area (Å²) >= 11 is 0. The van der Waals surface area contributed by atoms with Crippen LogP contribution in [0.2, 0.25) is 0 Å². The van der Waals surface area contributed by atoms with Crippen molar-refractivity contribution in [3.63, 3.8) is 0 Å². The topological polar surface area (TPSA) is 0 Å². The van der Waals surface area contributed by atoms with E-state index in [0.29, 0.717) is 0 Å². The second-order valence-corrected chi connectivity index (χ2v) is 9.57. The van der Waals surface area contributed by atoms with E-state index in [0.717, 1.165) is 29.6 Å². The number of benzene rings is 1. The van der Waals surface area contributed by atoms with Crippen LogP contribution in [0.25, 0.3) is 0 Å². The fourth-order valence-electron chi connectivity index (χ4n) is 6.02. The number of rotatable bonds is 7. The molecule has 26 heavy (non-hydrogen) atoms. The fourth-order valence-corrected chi connectivity index (χ4v) is 6.02. The van der Waals surface area contributed by atoms with Gasteiger partial charge in [0.15, 0.2) is 0 Å². The molecule has 0 aliphatic heterocycles. The highest BCUT2D eigenvalue weighted by Crippen LogP contribution is 2.46. The third kappa shape index (κ3) is 5.14. The van der Waals surface area contributed by atoms with Crippen LogP contribution in [-0.4, -0.2) is 0 Å². The van der Waals surface area contributed by atoms with E-state index in [1.54, 1.807) is 5.56 Å². The van der Waals surface area contributed by atoms with Crippen LogP contribution in [-0.2, 0) is 6.42 Å². The Kier molecular flexibility index (Phi) is 7.64. The van der Waals surface area contributed by atoms with Crippen LogP contribution in [0, 0.1) is 23.7 Å². The van der Waals surface area contributed by atoms with Gasteiger partial charge in [-0.15, -0.1) is 0 Å². The van der Waals surface area contributed by atoms with Crippen LogP contribution in [0.5, 0.6) is 0 Å². The molecular formula is C26H42. The lowest BCUT2D eigenvalue weighted by molar-refractivity contribution is 0.130. The summed E-state index contributed by atoms with van der Waals surface area (Å²) in [5.74, 6) is 4.80. The van der Waals surface area contributed by atoms with Gasteiger partial charge in [-0.1, -0.05) is 83.6 Å². The van der Waals surface area contributed by atoms with Gasteiger partial charge in [-0.2, -0.15) is 0 Å². The van der Waals surface area contributed by atoms with Crippen molar-refractivity contribution in [2.45, 2.75) is 104 Å². The maximum Gasteiger partial charge on any atom is -0.0136 e. The van der Waals surface area contributed by atoms with E-state index in [1.165, 1.54) is 82.6 Å². The molecule has 0 saturated heterocycles. The number of aryl methyl sites for hydroxylation is 1. The summed E-state index contributed by atoms with van der Waals surface area (Å²) in [5.41, 5.74) is 3.12. The SMILES string of the molecule is CCCCC1CCC(C2CC[C@@H](c3ccc(CCC)cc3)[C@H](C)C2)CC1. The third-order valence-corrected chi connectivity index (χ3v) is 7.68. The average molecular weight is 355 g/mol. The van der Waals surface area contributed by atoms with Crippen LogP contribution in [0.4, 0.5) is 0 Å². The zero-order valence-corrected chi connectivity index (χ0v) is 17.7. The van der Waals surface area contributed by atoms with Crippen molar-refractivity contribution in [1.29, 1.82) is 0 Å². The van der Waals surface area contributed by atoms with Crippen molar-refractivity contribution in [2.75, 3.05) is 0 Å². The zero-order chi connectivity index (χ0) is 18.4. The first-order valence-electron chi connectivity index (χ1n) is 11.8. The van der Waals surface area contributed by atoms with Crippen molar-refractivity contribution in [1.82, 2.24) is 0 Å². The molecule has 1 unspecified atom stereocenters. The predicted octanol–water partition coefficient (Wildman–Crippen LogP) is 8.16. The molecular weight excluding hydrogens is 312 g/mol. The molecule has 2 saturated carbocycles. The summed E-state index contributed by atoms with van der Waals surface area (Å²) in [6.45, 7) is 7.14. The molecule has 1 aromatic rings. The van der Waals surface area contributed by atoms with Gasteiger partial charge in [-0.3, -0.25) is 0 Å². The molecule has 3 rings (SSSR count). The lowest BCUT2D eigenvalue weighted by atomic mass is 9.65. The first kappa shape index (κ1) is 20.0. The first-order chi connectivity index (χ1) is 12.7. The Bertz CT molecular complexity index is 505. The quantitative estimate of drug-likeness (QED) is 0.463. The average Bonchev–Trinajstić information content (AvgIpc) is 2.68. The standard InChI is InChI=1S/C26H42/c1-4-6-8-22-9-13-23(14-10-22)25-17-18-26(20(3)19-25)24-15-11-21(7-5-2)12-16-24/h11-12,15-16,20,22-23,25-26H,4-10,13-14,17-19H2,1-3H3/t20-,22?,23?,25?,26-/m1/s1. The number of hydrogen-bond acceptors (Lipinski definition) is 0. The van der Waals surface area contributed by atoms with Gasteiger partial charge in [-0.25, -0.2) is 0 Å². The summed E-state index contributed by atoms with van der Waals surface area (Å²) < 4.78 is 0. The normalized spacial score (nSPS) is 32.5. The lowest BCUT2D eigenvalue weighted by Crippen LogP contribution is -2.29. The van der Waals surface area contributed by atoms with E-state index in [-0.39, 0.29) is 0 Å². The summed E-state index contributed by atoms with van der Waals surface area (Å²) in [6, 6.07) is 9.64. The second-order valence-electron chi connectivity index (χ2n) is 9.57. The Morgan fingerprint density at radius 3 is 2.12 bits per heavy atom. The summed E-state index contributed by atoms with van der Waals surface area (Å²) in [5, 5.41) is 0. The summed E-state index contributed by atoms with van der Waals surface area (Å²) in [4.78, 5) is 0. The smallest absolute Gasteiger partial charge is 0.0136 e. The zero-order valence-electron chi connectivity index (χ0n) is 17.7. The van der Waals surface area contributed by atoms with Gasteiger partial charge < -0.3 is 0 Å². The van der Waals surface area contributed by atoms with E-state index in [9.17, 15) is 0 Å². The molecule has 0 amide bonds. The highest BCUT2D eigenvalue weighted by molar-refractivity contribution is 5.26. The van der Waals surface area contributed by atoms with Crippen molar-refractivity contribution in [3.05, 3.63) is 35.4 Å². The van der Waals surface area contributed by atoms with Crippen LogP contribution >= 0.6 is 0 Å². The Balaban J connectivity index is 1.49. The minimum Gasteiger partial charge on any atom is -0.0654 e. The van der Waals surface area contributed by atoms with Gasteiger partial charge in [0.05, 0.1) is 0 Å². The predicted molar refractivity (Wildman–Crippen MR) is 115 cm³/mol. The molecule has 0 heterocycles. The monoisotopic (exact) mass is 354 g/mol. The molecule has 2 aliphatic carbocycles.